The van der Waals surface area contributed by atoms with E-state index in [4.69, 9.17) is 9.47 Å². The van der Waals surface area contributed by atoms with Crippen LogP contribution in [-0.4, -0.2) is 83.2 Å². The summed E-state index contributed by atoms with van der Waals surface area (Å²) in [6.07, 6.45) is 2.08. The number of phenols is 2. The lowest BCUT2D eigenvalue weighted by Crippen LogP contribution is -2.23. The minimum Gasteiger partial charge on any atom is -0.508 e. The van der Waals surface area contributed by atoms with E-state index in [1.54, 1.807) is 24.3 Å². The minimum atomic E-state index is -0.712. The third-order valence-corrected chi connectivity index (χ3v) is 6.10. The Morgan fingerprint density at radius 2 is 1.00 bits per heavy atom. The first-order valence-electron chi connectivity index (χ1n) is 13.2. The summed E-state index contributed by atoms with van der Waals surface area (Å²) in [7, 11) is 0. The largest absolute Gasteiger partial charge is 0.508 e. The molecule has 2 unspecified atom stereocenters. The van der Waals surface area contributed by atoms with Crippen LogP contribution < -0.4 is 10.6 Å². The Bertz CT molecular complexity index is 841. The van der Waals surface area contributed by atoms with Crippen LogP contribution >= 0.6 is 0 Å². The topological polar surface area (TPSA) is 164 Å². The Labute approximate surface area is 224 Å². The number of ether oxygens (including phenoxy) is 2. The van der Waals surface area contributed by atoms with Crippen molar-refractivity contribution < 1.29 is 40.1 Å². The second-order valence-corrected chi connectivity index (χ2v) is 9.17. The van der Waals surface area contributed by atoms with E-state index in [2.05, 4.69) is 10.6 Å². The molecule has 2 aromatic carbocycles. The Balaban J connectivity index is 1.36. The highest BCUT2D eigenvalue weighted by Gasteiger charge is 2.11. The van der Waals surface area contributed by atoms with Crippen molar-refractivity contribution in [3.63, 3.8) is 0 Å². The Morgan fingerprint density at radius 3 is 1.39 bits per heavy atom. The molecule has 10 nitrogen and oxygen atoms in total. The van der Waals surface area contributed by atoms with E-state index in [1.807, 2.05) is 0 Å². The molecule has 8 N–H and O–H groups in total. The fraction of sp³-hybridized carbons (Fsp3) is 0.571. The van der Waals surface area contributed by atoms with Crippen molar-refractivity contribution >= 4 is 0 Å². The van der Waals surface area contributed by atoms with E-state index in [1.165, 1.54) is 12.1 Å². The molecule has 38 heavy (non-hydrogen) atoms. The first-order valence-corrected chi connectivity index (χ1v) is 13.2. The van der Waals surface area contributed by atoms with Gasteiger partial charge in [-0.25, -0.2) is 0 Å². The monoisotopic (exact) mass is 536 g/mol. The number of nitrogens with one attached hydrogen (secondary N) is 2. The summed E-state index contributed by atoms with van der Waals surface area (Å²) in [6, 6.07) is 9.45. The van der Waals surface area contributed by atoms with Crippen molar-refractivity contribution in [3.8, 4) is 11.5 Å². The van der Waals surface area contributed by atoms with Crippen LogP contribution in [0.4, 0.5) is 0 Å². The van der Waals surface area contributed by atoms with Crippen LogP contribution in [0.15, 0.2) is 36.4 Å². The molecular weight excluding hydrogens is 492 g/mol. The van der Waals surface area contributed by atoms with Gasteiger partial charge < -0.3 is 50.7 Å². The van der Waals surface area contributed by atoms with E-state index in [0.29, 0.717) is 61.8 Å². The van der Waals surface area contributed by atoms with Crippen LogP contribution in [0.5, 0.6) is 11.5 Å². The standard InChI is InChI=1S/C28H44N2O8/c31-19-23-15-21(5-7-25(23)33)27(35)17-29-9-3-13-37-11-1-2-12-38-14-4-10-30-18-28(36)22-6-8-26(34)24(16-22)20-32/h5-8,15-16,27-36H,1-4,9-14,17-20H2. The molecule has 2 atom stereocenters. The molecule has 0 aliphatic rings. The van der Waals surface area contributed by atoms with Crippen molar-refractivity contribution in [3.05, 3.63) is 58.7 Å². The molecule has 0 bridgehead atoms. The zero-order valence-corrected chi connectivity index (χ0v) is 22.0. The molecule has 0 fully saturated rings. The number of aliphatic hydroxyl groups is 4. The van der Waals surface area contributed by atoms with E-state index < -0.39 is 12.2 Å². The average molecular weight is 537 g/mol. The summed E-state index contributed by atoms with van der Waals surface area (Å²) in [5, 5.41) is 64.4. The number of benzene rings is 2. The zero-order chi connectivity index (χ0) is 27.6. The van der Waals surface area contributed by atoms with Crippen LogP contribution in [0.2, 0.25) is 0 Å². The lowest BCUT2D eigenvalue weighted by Gasteiger charge is -2.14. The molecule has 0 amide bonds. The quantitative estimate of drug-likeness (QED) is 0.110. The van der Waals surface area contributed by atoms with Gasteiger partial charge in [0.25, 0.3) is 0 Å². The molecule has 10 heteroatoms. The van der Waals surface area contributed by atoms with Crippen LogP contribution in [0.3, 0.4) is 0 Å². The third kappa shape index (κ3) is 12.1. The summed E-state index contributed by atoms with van der Waals surface area (Å²) in [4.78, 5) is 0. The molecule has 0 spiro atoms. The summed E-state index contributed by atoms with van der Waals surface area (Å²) >= 11 is 0. The normalized spacial score (nSPS) is 13.1. The maximum Gasteiger partial charge on any atom is 0.121 e. The number of aromatic hydroxyl groups is 2. The van der Waals surface area contributed by atoms with Gasteiger partial charge >= 0.3 is 0 Å². The first kappa shape index (κ1) is 31.9. The Kier molecular flexibility index (Phi) is 15.9. The molecule has 0 heterocycles. The molecule has 2 rings (SSSR count). The van der Waals surface area contributed by atoms with Crippen molar-refractivity contribution in [1.82, 2.24) is 10.6 Å². The van der Waals surface area contributed by atoms with E-state index in [-0.39, 0.29) is 24.7 Å². The highest BCUT2D eigenvalue weighted by atomic mass is 16.5. The van der Waals surface area contributed by atoms with Crippen LogP contribution in [0, 0.1) is 0 Å². The molecule has 0 aliphatic heterocycles. The van der Waals surface area contributed by atoms with Crippen LogP contribution in [0.25, 0.3) is 0 Å². The summed E-state index contributed by atoms with van der Waals surface area (Å²) < 4.78 is 11.3. The van der Waals surface area contributed by atoms with Crippen molar-refractivity contribution in [2.24, 2.45) is 0 Å². The van der Waals surface area contributed by atoms with Crippen molar-refractivity contribution in [2.45, 2.75) is 51.1 Å². The first-order chi connectivity index (χ1) is 18.5. The number of unbranched alkanes of at least 4 members (excludes halogenated alkanes) is 1. The summed E-state index contributed by atoms with van der Waals surface area (Å²) in [5.74, 6) is 0.0419. The number of hydrogen-bond acceptors (Lipinski definition) is 10. The highest BCUT2D eigenvalue weighted by Crippen LogP contribution is 2.23. The van der Waals surface area contributed by atoms with Crippen molar-refractivity contribution in [2.75, 3.05) is 52.6 Å². The molecule has 0 radical (unpaired) electrons. The molecule has 0 saturated heterocycles. The number of rotatable bonds is 21. The summed E-state index contributed by atoms with van der Waals surface area (Å²) in [5.41, 5.74) is 2.10. The molecule has 0 aliphatic carbocycles. The van der Waals surface area contributed by atoms with E-state index in [0.717, 1.165) is 38.8 Å². The number of aliphatic hydroxyl groups excluding tert-OH is 4. The van der Waals surface area contributed by atoms with Crippen molar-refractivity contribution in [1.29, 1.82) is 0 Å². The van der Waals surface area contributed by atoms with Crippen LogP contribution in [-0.2, 0) is 22.7 Å². The summed E-state index contributed by atoms with van der Waals surface area (Å²) in [6.45, 7) is 4.29. The SMILES string of the molecule is OCc1cc(C(O)CNCCCOCCCCOCCCNCC(O)c2ccc(O)c(CO)c2)ccc1O. The Morgan fingerprint density at radius 1 is 0.605 bits per heavy atom. The predicted molar refractivity (Wildman–Crippen MR) is 144 cm³/mol. The molecule has 0 aromatic heterocycles. The number of hydrogen-bond donors (Lipinski definition) is 8. The molecule has 2 aromatic rings. The van der Waals surface area contributed by atoms with Gasteiger partial charge in [0, 0.05) is 50.6 Å². The van der Waals surface area contributed by atoms with Gasteiger partial charge in [0.2, 0.25) is 0 Å². The van der Waals surface area contributed by atoms with Gasteiger partial charge in [0.15, 0.2) is 0 Å². The predicted octanol–water partition coefficient (Wildman–Crippen LogP) is 1.62. The van der Waals surface area contributed by atoms with Gasteiger partial charge in [-0.1, -0.05) is 12.1 Å². The molecular formula is C28H44N2O8. The van der Waals surface area contributed by atoms with Gasteiger partial charge in [0.05, 0.1) is 25.4 Å². The zero-order valence-electron chi connectivity index (χ0n) is 22.0. The van der Waals surface area contributed by atoms with Gasteiger partial charge in [-0.2, -0.15) is 0 Å². The van der Waals surface area contributed by atoms with Gasteiger partial charge in [0.1, 0.15) is 11.5 Å². The van der Waals surface area contributed by atoms with E-state index in [9.17, 15) is 30.6 Å². The smallest absolute Gasteiger partial charge is 0.121 e. The average Bonchev–Trinajstić information content (AvgIpc) is 2.93. The lowest BCUT2D eigenvalue weighted by molar-refractivity contribution is 0.0995. The van der Waals surface area contributed by atoms with Crippen LogP contribution in [0.1, 0.15) is 60.1 Å². The molecule has 0 saturated carbocycles. The minimum absolute atomic E-state index is 0.0210. The van der Waals surface area contributed by atoms with E-state index >= 15 is 0 Å². The fourth-order valence-corrected chi connectivity index (χ4v) is 3.80. The maximum atomic E-state index is 10.2. The Hall–Kier alpha value is -2.28. The third-order valence-electron chi connectivity index (χ3n) is 6.10. The van der Waals surface area contributed by atoms with Gasteiger partial charge in [-0.05, 0) is 74.2 Å². The highest BCUT2D eigenvalue weighted by molar-refractivity contribution is 5.37. The maximum absolute atomic E-state index is 10.2. The molecule has 214 valence electrons. The fourth-order valence-electron chi connectivity index (χ4n) is 3.80. The van der Waals surface area contributed by atoms with Gasteiger partial charge in [-0.3, -0.25) is 0 Å². The lowest BCUT2D eigenvalue weighted by atomic mass is 10.1. The second-order valence-electron chi connectivity index (χ2n) is 9.17. The van der Waals surface area contributed by atoms with Gasteiger partial charge in [-0.15, -0.1) is 0 Å². The second kappa shape index (κ2) is 18.9.